The van der Waals surface area contributed by atoms with Gasteiger partial charge in [-0.3, -0.25) is 0 Å². The molecule has 2 heterocycles. The number of aliphatic hydroxyl groups is 1. The first-order valence-corrected chi connectivity index (χ1v) is 11.6. The predicted octanol–water partition coefficient (Wildman–Crippen LogP) is 3.11. The second-order valence-electron chi connectivity index (χ2n) is 8.42. The molecule has 0 bridgehead atoms. The SMILES string of the molecule is CC(C)(C)[Si](C)(C)O[C@@H]1[C@@H](CO)C[C@@H](n2cnc3cncnc32)[C@@H]1F. The molecule has 0 saturated heterocycles. The lowest BCUT2D eigenvalue weighted by Crippen LogP contribution is -2.47. The number of aliphatic hydroxyl groups excluding tert-OH is 1. The maximum absolute atomic E-state index is 15.4. The largest absolute Gasteiger partial charge is 0.411 e. The Labute approximate surface area is 148 Å². The summed E-state index contributed by atoms with van der Waals surface area (Å²) < 4.78 is 23.5. The van der Waals surface area contributed by atoms with Gasteiger partial charge in [0.25, 0.3) is 0 Å². The maximum atomic E-state index is 15.4. The minimum Gasteiger partial charge on any atom is -0.411 e. The number of alkyl halides is 1. The summed E-state index contributed by atoms with van der Waals surface area (Å²) >= 11 is 0. The molecular formula is C17H27FN4O2Si. The summed E-state index contributed by atoms with van der Waals surface area (Å²) in [6.45, 7) is 10.5. The lowest BCUT2D eigenvalue weighted by Gasteiger charge is -2.40. The van der Waals surface area contributed by atoms with Gasteiger partial charge in [-0.05, 0) is 24.6 Å². The highest BCUT2D eigenvalue weighted by Crippen LogP contribution is 2.45. The van der Waals surface area contributed by atoms with E-state index < -0.39 is 26.6 Å². The number of hydrogen-bond donors (Lipinski definition) is 1. The number of rotatable bonds is 4. The van der Waals surface area contributed by atoms with E-state index in [4.69, 9.17) is 4.43 Å². The summed E-state index contributed by atoms with van der Waals surface area (Å²) in [4.78, 5) is 12.5. The smallest absolute Gasteiger partial charge is 0.192 e. The number of fused-ring (bicyclic) bond motifs is 1. The van der Waals surface area contributed by atoms with Gasteiger partial charge in [-0.1, -0.05) is 20.8 Å². The van der Waals surface area contributed by atoms with Crippen LogP contribution in [-0.2, 0) is 4.43 Å². The molecule has 2 aromatic rings. The first kappa shape index (κ1) is 18.4. The van der Waals surface area contributed by atoms with Gasteiger partial charge >= 0.3 is 0 Å². The van der Waals surface area contributed by atoms with Crippen molar-refractivity contribution in [3.8, 4) is 0 Å². The molecule has 1 saturated carbocycles. The van der Waals surface area contributed by atoms with E-state index >= 15 is 4.39 Å². The van der Waals surface area contributed by atoms with Gasteiger partial charge in [0.05, 0.1) is 24.7 Å². The van der Waals surface area contributed by atoms with E-state index in [1.165, 1.54) is 6.33 Å². The van der Waals surface area contributed by atoms with E-state index in [1.54, 1.807) is 17.1 Å². The zero-order valence-electron chi connectivity index (χ0n) is 15.5. The Balaban J connectivity index is 1.90. The van der Waals surface area contributed by atoms with Crippen molar-refractivity contribution in [2.24, 2.45) is 5.92 Å². The Bertz CT molecular complexity index is 746. The summed E-state index contributed by atoms with van der Waals surface area (Å²) in [5.74, 6) is -0.228. The van der Waals surface area contributed by atoms with Crippen LogP contribution in [-0.4, -0.2) is 51.8 Å². The molecule has 25 heavy (non-hydrogen) atoms. The Kier molecular flexibility index (Phi) is 4.72. The average molecular weight is 367 g/mol. The van der Waals surface area contributed by atoms with Crippen LogP contribution >= 0.6 is 0 Å². The van der Waals surface area contributed by atoms with Gasteiger partial charge in [-0.25, -0.2) is 19.3 Å². The highest BCUT2D eigenvalue weighted by Gasteiger charge is 2.50. The maximum Gasteiger partial charge on any atom is 0.192 e. The van der Waals surface area contributed by atoms with Crippen molar-refractivity contribution < 1.29 is 13.9 Å². The van der Waals surface area contributed by atoms with E-state index in [0.29, 0.717) is 17.6 Å². The van der Waals surface area contributed by atoms with Crippen molar-refractivity contribution in [3.63, 3.8) is 0 Å². The number of hydrogen-bond acceptors (Lipinski definition) is 5. The van der Waals surface area contributed by atoms with Crippen molar-refractivity contribution in [1.82, 2.24) is 19.5 Å². The molecule has 0 unspecified atom stereocenters. The van der Waals surface area contributed by atoms with E-state index in [0.717, 1.165) is 0 Å². The Morgan fingerprint density at radius 3 is 2.72 bits per heavy atom. The van der Waals surface area contributed by atoms with Crippen LogP contribution in [0.4, 0.5) is 4.39 Å². The molecule has 0 amide bonds. The Morgan fingerprint density at radius 2 is 2.08 bits per heavy atom. The standard InChI is InChI=1S/C17H27FN4O2Si/c1-17(2,3)25(4,5)24-15-11(8-23)6-13(14(15)18)22-10-21-12-7-19-9-20-16(12)22/h7,9-11,13-15,23H,6,8H2,1-5H3/t11-,13-,14+,15-/m1/s1. The molecule has 1 fully saturated rings. The van der Waals surface area contributed by atoms with E-state index in [2.05, 4.69) is 48.8 Å². The molecule has 138 valence electrons. The van der Waals surface area contributed by atoms with Gasteiger partial charge in [0.1, 0.15) is 18.0 Å². The van der Waals surface area contributed by atoms with Crippen molar-refractivity contribution in [1.29, 1.82) is 0 Å². The van der Waals surface area contributed by atoms with Gasteiger partial charge in [0.15, 0.2) is 14.0 Å². The minimum atomic E-state index is -2.14. The lowest BCUT2D eigenvalue weighted by atomic mass is 10.1. The number of nitrogens with zero attached hydrogens (tertiary/aromatic N) is 4. The van der Waals surface area contributed by atoms with Crippen molar-refractivity contribution >= 4 is 19.5 Å². The van der Waals surface area contributed by atoms with Crippen molar-refractivity contribution in [2.45, 2.75) is 63.6 Å². The van der Waals surface area contributed by atoms with Crippen LogP contribution in [0.5, 0.6) is 0 Å². The number of aromatic nitrogens is 4. The molecule has 8 heteroatoms. The third kappa shape index (κ3) is 3.22. The average Bonchev–Trinajstić information content (AvgIpc) is 3.08. The fourth-order valence-corrected chi connectivity index (χ4v) is 4.56. The summed E-state index contributed by atoms with van der Waals surface area (Å²) in [6, 6.07) is -0.438. The second kappa shape index (κ2) is 6.41. The van der Waals surface area contributed by atoms with Crippen LogP contribution in [0, 0.1) is 5.92 Å². The molecule has 4 atom stereocenters. The Hall–Kier alpha value is -1.38. The van der Waals surface area contributed by atoms with Crippen LogP contribution in [0.25, 0.3) is 11.2 Å². The molecule has 0 aromatic carbocycles. The van der Waals surface area contributed by atoms with Crippen molar-refractivity contribution in [2.75, 3.05) is 6.61 Å². The quantitative estimate of drug-likeness (QED) is 0.842. The van der Waals surface area contributed by atoms with E-state index in [-0.39, 0.29) is 17.6 Å². The molecule has 1 aliphatic carbocycles. The zero-order valence-corrected chi connectivity index (χ0v) is 16.5. The minimum absolute atomic E-state index is 0.0141. The fourth-order valence-electron chi connectivity index (χ4n) is 3.20. The predicted molar refractivity (Wildman–Crippen MR) is 96.5 cm³/mol. The van der Waals surface area contributed by atoms with E-state index in [1.807, 2.05) is 0 Å². The summed E-state index contributed by atoms with van der Waals surface area (Å²) in [5, 5.41) is 9.79. The molecule has 1 aliphatic rings. The topological polar surface area (TPSA) is 73.1 Å². The summed E-state index contributed by atoms with van der Waals surface area (Å²) in [7, 11) is -2.14. The van der Waals surface area contributed by atoms with Gasteiger partial charge in [-0.2, -0.15) is 0 Å². The molecular weight excluding hydrogens is 339 g/mol. The third-order valence-electron chi connectivity index (χ3n) is 5.76. The van der Waals surface area contributed by atoms with Crippen LogP contribution in [0.1, 0.15) is 33.2 Å². The normalized spacial score (nSPS) is 28.0. The Morgan fingerprint density at radius 1 is 1.36 bits per heavy atom. The molecule has 2 aromatic heterocycles. The van der Waals surface area contributed by atoms with Gasteiger partial charge < -0.3 is 14.1 Å². The zero-order chi connectivity index (χ0) is 18.4. The number of halogens is 1. The molecule has 3 rings (SSSR count). The van der Waals surface area contributed by atoms with Crippen LogP contribution in [0.3, 0.4) is 0 Å². The monoisotopic (exact) mass is 366 g/mol. The third-order valence-corrected chi connectivity index (χ3v) is 10.2. The van der Waals surface area contributed by atoms with E-state index in [9.17, 15) is 5.11 Å². The molecule has 0 radical (unpaired) electrons. The lowest BCUT2D eigenvalue weighted by molar-refractivity contribution is 0.0486. The van der Waals surface area contributed by atoms with Gasteiger partial charge in [0, 0.05) is 12.5 Å². The molecule has 1 N–H and O–H groups in total. The first-order chi connectivity index (χ1) is 11.7. The summed E-state index contributed by atoms with van der Waals surface area (Å²) in [5.41, 5.74) is 1.26. The highest BCUT2D eigenvalue weighted by atomic mass is 28.4. The van der Waals surface area contributed by atoms with Crippen LogP contribution in [0.2, 0.25) is 18.1 Å². The van der Waals surface area contributed by atoms with Gasteiger partial charge in [0.2, 0.25) is 0 Å². The molecule has 0 aliphatic heterocycles. The fraction of sp³-hybridized carbons (Fsp3) is 0.706. The first-order valence-electron chi connectivity index (χ1n) is 8.71. The molecule has 0 spiro atoms. The number of imidazole rings is 1. The van der Waals surface area contributed by atoms with Crippen molar-refractivity contribution in [3.05, 3.63) is 18.9 Å². The summed E-state index contributed by atoms with van der Waals surface area (Å²) in [6.07, 6.45) is 3.37. The van der Waals surface area contributed by atoms with Gasteiger partial charge in [-0.15, -0.1) is 0 Å². The van der Waals surface area contributed by atoms with Crippen LogP contribution < -0.4 is 0 Å². The second-order valence-corrected chi connectivity index (χ2v) is 13.2. The van der Waals surface area contributed by atoms with Crippen LogP contribution in [0.15, 0.2) is 18.9 Å². The molecule has 6 nitrogen and oxygen atoms in total. The highest BCUT2D eigenvalue weighted by molar-refractivity contribution is 6.74.